The van der Waals surface area contributed by atoms with Gasteiger partial charge in [-0.3, -0.25) is 19.2 Å². The van der Waals surface area contributed by atoms with Crippen LogP contribution in [-0.2, 0) is 33.4 Å². The fourth-order valence-corrected chi connectivity index (χ4v) is 2.14. The molecule has 0 heterocycles. The number of carbonyl (C=O) groups excluding carboxylic acids is 1. The van der Waals surface area contributed by atoms with Gasteiger partial charge in [0, 0.05) is 6.42 Å². The lowest BCUT2D eigenvalue weighted by atomic mass is 10.0. The number of amides is 1. The van der Waals surface area contributed by atoms with Gasteiger partial charge in [0.2, 0.25) is 5.91 Å². The molecule has 0 spiro atoms. The molecule has 0 aliphatic carbocycles. The summed E-state index contributed by atoms with van der Waals surface area (Å²) in [4.78, 5) is 44.2. The monoisotopic (exact) mass is 422 g/mol. The number of hydrogen-bond acceptors (Lipinski definition) is 8. The van der Waals surface area contributed by atoms with E-state index in [0.717, 1.165) is 0 Å². The van der Waals surface area contributed by atoms with Crippen molar-refractivity contribution in [3.63, 3.8) is 0 Å². The van der Waals surface area contributed by atoms with Gasteiger partial charge in [0.1, 0.15) is 5.54 Å². The van der Waals surface area contributed by atoms with E-state index >= 15 is 0 Å². The van der Waals surface area contributed by atoms with Gasteiger partial charge in [0.25, 0.3) is 0 Å². The first-order valence-electron chi connectivity index (χ1n) is 9.10. The zero-order valence-electron chi connectivity index (χ0n) is 16.3. The normalized spacial score (nSPS) is 11.2. The Bertz CT molecular complexity index is 471. The van der Waals surface area contributed by atoms with Crippen LogP contribution >= 0.6 is 0 Å². The molecule has 0 fully saturated rings. The fourth-order valence-electron chi connectivity index (χ4n) is 2.14. The molecule has 0 saturated heterocycles. The largest absolute Gasteiger partial charge is 0.481 e. The maximum atomic E-state index is 12.2. The Hall–Kier alpha value is -2.28. The SMILES string of the molecule is NCCCC(=O)NC(COCCC(=O)O)(COCCC(=O)O)COCCC(=O)O. The van der Waals surface area contributed by atoms with E-state index in [1.165, 1.54) is 0 Å². The van der Waals surface area contributed by atoms with Crippen LogP contribution in [0.2, 0.25) is 0 Å². The average Bonchev–Trinajstić information content (AvgIpc) is 2.64. The van der Waals surface area contributed by atoms with Gasteiger partial charge in [-0.15, -0.1) is 0 Å². The van der Waals surface area contributed by atoms with Crippen LogP contribution < -0.4 is 11.1 Å². The molecule has 12 heteroatoms. The summed E-state index contributed by atoms with van der Waals surface area (Å²) in [6.45, 7) is -0.585. The van der Waals surface area contributed by atoms with Crippen molar-refractivity contribution in [3.8, 4) is 0 Å². The van der Waals surface area contributed by atoms with Crippen LogP contribution in [0.5, 0.6) is 0 Å². The van der Waals surface area contributed by atoms with Gasteiger partial charge in [-0.05, 0) is 13.0 Å². The lowest BCUT2D eigenvalue weighted by Crippen LogP contribution is -2.58. The molecule has 0 atom stereocenters. The number of aliphatic carboxylic acids is 3. The molecule has 0 bridgehead atoms. The Morgan fingerprint density at radius 1 is 0.724 bits per heavy atom. The van der Waals surface area contributed by atoms with E-state index < -0.39 is 23.4 Å². The highest BCUT2D eigenvalue weighted by Crippen LogP contribution is 2.11. The molecule has 0 aromatic carbocycles. The molecule has 0 rings (SSSR count). The average molecular weight is 422 g/mol. The Morgan fingerprint density at radius 3 is 1.41 bits per heavy atom. The van der Waals surface area contributed by atoms with Gasteiger partial charge in [-0.25, -0.2) is 0 Å². The van der Waals surface area contributed by atoms with Crippen LogP contribution in [0, 0.1) is 0 Å². The first-order valence-corrected chi connectivity index (χ1v) is 9.10. The molecular weight excluding hydrogens is 392 g/mol. The molecule has 0 unspecified atom stereocenters. The van der Waals surface area contributed by atoms with Crippen LogP contribution in [0.3, 0.4) is 0 Å². The Morgan fingerprint density at radius 2 is 1.10 bits per heavy atom. The molecule has 0 aliphatic heterocycles. The molecule has 1 amide bonds. The van der Waals surface area contributed by atoms with E-state index in [0.29, 0.717) is 13.0 Å². The predicted octanol–water partition coefficient (Wildman–Crippen LogP) is -0.946. The van der Waals surface area contributed by atoms with Crippen molar-refractivity contribution in [2.75, 3.05) is 46.2 Å². The van der Waals surface area contributed by atoms with Crippen LogP contribution in [-0.4, -0.2) is 90.9 Å². The summed E-state index contributed by atoms with van der Waals surface area (Å²) in [5.41, 5.74) is 4.15. The minimum absolute atomic E-state index is 0.123. The lowest BCUT2D eigenvalue weighted by molar-refractivity contribution is -0.140. The van der Waals surface area contributed by atoms with E-state index in [4.69, 9.17) is 35.3 Å². The fraction of sp³-hybridized carbons (Fsp3) is 0.765. The second-order valence-electron chi connectivity index (χ2n) is 6.31. The maximum Gasteiger partial charge on any atom is 0.305 e. The van der Waals surface area contributed by atoms with Crippen molar-refractivity contribution in [1.29, 1.82) is 0 Å². The summed E-state index contributed by atoms with van der Waals surface area (Å²) in [5.74, 6) is -3.55. The predicted molar refractivity (Wildman–Crippen MR) is 98.4 cm³/mol. The number of carboxylic acid groups (broad SMARTS) is 3. The maximum absolute atomic E-state index is 12.2. The van der Waals surface area contributed by atoms with Crippen molar-refractivity contribution in [1.82, 2.24) is 5.32 Å². The molecular formula is C17H30N2O10. The minimum Gasteiger partial charge on any atom is -0.481 e. The standard InChI is InChI=1S/C17H30N2O10/c18-6-1-2-13(20)19-17(10-27-7-3-14(21)22,11-28-8-4-15(23)24)12-29-9-5-16(25)26/h1-12,18H2,(H,19,20)(H,21,22)(H,23,24)(H,25,26). The molecule has 0 aliphatic rings. The zero-order chi connectivity index (χ0) is 22.1. The van der Waals surface area contributed by atoms with Gasteiger partial charge in [0.15, 0.2) is 0 Å². The third kappa shape index (κ3) is 15.3. The van der Waals surface area contributed by atoms with Crippen LogP contribution in [0.4, 0.5) is 0 Å². The Labute approximate surface area is 168 Å². The van der Waals surface area contributed by atoms with Crippen molar-refractivity contribution in [3.05, 3.63) is 0 Å². The van der Waals surface area contributed by atoms with Crippen LogP contribution in [0.25, 0.3) is 0 Å². The zero-order valence-corrected chi connectivity index (χ0v) is 16.3. The highest BCUT2D eigenvalue weighted by Gasteiger charge is 2.33. The smallest absolute Gasteiger partial charge is 0.305 e. The quantitative estimate of drug-likeness (QED) is 0.161. The van der Waals surface area contributed by atoms with Gasteiger partial charge in [-0.2, -0.15) is 0 Å². The summed E-state index contributed by atoms with van der Waals surface area (Å²) >= 11 is 0. The second kappa shape index (κ2) is 15.6. The highest BCUT2D eigenvalue weighted by molar-refractivity contribution is 5.76. The van der Waals surface area contributed by atoms with Crippen molar-refractivity contribution >= 4 is 23.8 Å². The molecule has 168 valence electrons. The van der Waals surface area contributed by atoms with Crippen LogP contribution in [0.15, 0.2) is 0 Å². The molecule has 6 N–H and O–H groups in total. The first kappa shape index (κ1) is 26.7. The molecule has 12 nitrogen and oxygen atoms in total. The van der Waals surface area contributed by atoms with Crippen molar-refractivity contribution < 1.29 is 48.7 Å². The topological polar surface area (TPSA) is 195 Å². The van der Waals surface area contributed by atoms with E-state index in [9.17, 15) is 19.2 Å². The van der Waals surface area contributed by atoms with E-state index in [-0.39, 0.29) is 71.2 Å². The first-order chi connectivity index (χ1) is 13.7. The number of nitrogens with one attached hydrogen (secondary N) is 1. The lowest BCUT2D eigenvalue weighted by Gasteiger charge is -2.34. The summed E-state index contributed by atoms with van der Waals surface area (Å²) in [6, 6.07) is 0. The number of ether oxygens (including phenoxy) is 3. The Balaban J connectivity index is 5.09. The van der Waals surface area contributed by atoms with Gasteiger partial charge in [0.05, 0.1) is 58.9 Å². The summed E-state index contributed by atoms with van der Waals surface area (Å²) in [6.07, 6.45) is -0.204. The summed E-state index contributed by atoms with van der Waals surface area (Å²) in [7, 11) is 0. The molecule has 29 heavy (non-hydrogen) atoms. The van der Waals surface area contributed by atoms with E-state index in [1.807, 2.05) is 0 Å². The number of nitrogens with two attached hydrogens (primary N) is 1. The number of carbonyl (C=O) groups is 4. The highest BCUT2D eigenvalue weighted by atomic mass is 16.5. The minimum atomic E-state index is -1.25. The molecule has 0 saturated carbocycles. The third-order valence-electron chi connectivity index (χ3n) is 3.53. The van der Waals surface area contributed by atoms with Crippen molar-refractivity contribution in [2.24, 2.45) is 5.73 Å². The summed E-state index contributed by atoms with van der Waals surface area (Å²) in [5, 5.41) is 28.9. The number of hydrogen-bond donors (Lipinski definition) is 5. The van der Waals surface area contributed by atoms with Gasteiger partial charge < -0.3 is 40.6 Å². The van der Waals surface area contributed by atoms with E-state index in [1.54, 1.807) is 0 Å². The van der Waals surface area contributed by atoms with Crippen LogP contribution in [0.1, 0.15) is 32.1 Å². The van der Waals surface area contributed by atoms with E-state index in [2.05, 4.69) is 5.32 Å². The Kier molecular flexibility index (Phi) is 14.4. The molecule has 0 aromatic heterocycles. The second-order valence-corrected chi connectivity index (χ2v) is 6.31. The number of rotatable bonds is 19. The molecule has 0 radical (unpaired) electrons. The summed E-state index contributed by atoms with van der Waals surface area (Å²) < 4.78 is 16.1. The van der Waals surface area contributed by atoms with Gasteiger partial charge >= 0.3 is 17.9 Å². The molecule has 0 aromatic rings. The van der Waals surface area contributed by atoms with Gasteiger partial charge in [-0.1, -0.05) is 0 Å². The third-order valence-corrected chi connectivity index (χ3v) is 3.53. The van der Waals surface area contributed by atoms with Crippen molar-refractivity contribution in [2.45, 2.75) is 37.6 Å². The number of carboxylic acids is 3.